The van der Waals surface area contributed by atoms with Gasteiger partial charge in [-0.25, -0.2) is 4.39 Å². The Morgan fingerprint density at radius 3 is 2.55 bits per heavy atom. The summed E-state index contributed by atoms with van der Waals surface area (Å²) < 4.78 is 15.0. The zero-order valence-corrected chi connectivity index (χ0v) is 18.6. The number of carbonyl (C=O) groups excluding carboxylic acids is 2. The summed E-state index contributed by atoms with van der Waals surface area (Å²) in [4.78, 5) is 24.6. The van der Waals surface area contributed by atoms with Crippen molar-refractivity contribution in [1.29, 1.82) is 0 Å². The third kappa shape index (κ3) is 6.28. The maximum atomic E-state index is 13.2. The van der Waals surface area contributed by atoms with E-state index in [1.807, 2.05) is 38.1 Å². The van der Waals surface area contributed by atoms with E-state index < -0.39 is 5.82 Å². The Kier molecular flexibility index (Phi) is 7.64. The molecule has 0 saturated heterocycles. The Hall–Kier alpha value is -2.91. The fourth-order valence-corrected chi connectivity index (χ4v) is 3.85. The predicted molar refractivity (Wildman–Crippen MR) is 120 cm³/mol. The van der Waals surface area contributed by atoms with Crippen LogP contribution in [0.4, 0.5) is 15.8 Å². The zero-order chi connectivity index (χ0) is 22.4. The minimum Gasteiger partial charge on any atom is -0.326 e. The Bertz CT molecular complexity index is 1110. The van der Waals surface area contributed by atoms with Crippen LogP contribution in [-0.2, 0) is 22.6 Å². The van der Waals surface area contributed by atoms with Crippen molar-refractivity contribution < 1.29 is 14.0 Å². The average Bonchev–Trinajstić information content (AvgIpc) is 3.10. The van der Waals surface area contributed by atoms with Crippen LogP contribution in [0.25, 0.3) is 0 Å². The number of anilines is 2. The number of hydrogen-bond donors (Lipinski definition) is 2. The third-order valence-electron chi connectivity index (χ3n) is 4.27. The van der Waals surface area contributed by atoms with Crippen LogP contribution in [0.5, 0.6) is 0 Å². The van der Waals surface area contributed by atoms with Crippen molar-refractivity contribution in [2.75, 3.05) is 16.4 Å². The van der Waals surface area contributed by atoms with E-state index in [0.717, 1.165) is 11.3 Å². The molecule has 0 radical (unpaired) electrons. The standard InChI is InChI=1S/C21H21ClFN5O2S/c1-3-28-18(11-19(29)24-14-6-4-5-13(2)9-14)26-27-21(28)31-12-20(30)25-15-7-8-17(23)16(22)10-15/h4-10H,3,11-12H2,1-2H3,(H,24,29)(H,25,30). The summed E-state index contributed by atoms with van der Waals surface area (Å²) in [7, 11) is 0. The summed E-state index contributed by atoms with van der Waals surface area (Å²) in [6.45, 7) is 4.42. The molecule has 1 aromatic heterocycles. The Balaban J connectivity index is 1.58. The Morgan fingerprint density at radius 1 is 1.10 bits per heavy atom. The van der Waals surface area contributed by atoms with Crippen molar-refractivity contribution in [3.63, 3.8) is 0 Å². The highest BCUT2D eigenvalue weighted by atomic mass is 35.5. The first kappa shape index (κ1) is 22.8. The highest BCUT2D eigenvalue weighted by Crippen LogP contribution is 2.21. The van der Waals surface area contributed by atoms with E-state index in [1.54, 1.807) is 4.57 Å². The molecule has 2 aromatic carbocycles. The van der Waals surface area contributed by atoms with Crippen LogP contribution in [0, 0.1) is 12.7 Å². The number of rotatable bonds is 8. The number of carbonyl (C=O) groups is 2. The Morgan fingerprint density at radius 2 is 1.84 bits per heavy atom. The van der Waals surface area contributed by atoms with Crippen LogP contribution in [0.2, 0.25) is 5.02 Å². The lowest BCUT2D eigenvalue weighted by molar-refractivity contribution is -0.116. The van der Waals surface area contributed by atoms with Gasteiger partial charge >= 0.3 is 0 Å². The molecule has 2 N–H and O–H groups in total. The molecule has 3 aromatic rings. The molecule has 1 heterocycles. The third-order valence-corrected chi connectivity index (χ3v) is 5.52. The molecule has 0 unspecified atom stereocenters. The minimum atomic E-state index is -0.552. The summed E-state index contributed by atoms with van der Waals surface area (Å²) >= 11 is 6.93. The molecule has 0 atom stereocenters. The second kappa shape index (κ2) is 10.4. The van der Waals surface area contributed by atoms with E-state index in [9.17, 15) is 14.0 Å². The van der Waals surface area contributed by atoms with Crippen molar-refractivity contribution in [2.24, 2.45) is 0 Å². The predicted octanol–water partition coefficient (Wildman–Crippen LogP) is 4.31. The van der Waals surface area contributed by atoms with Crippen molar-refractivity contribution in [3.05, 3.63) is 64.7 Å². The number of aryl methyl sites for hydroxylation is 1. The summed E-state index contributed by atoms with van der Waals surface area (Å²) in [5, 5.41) is 14.2. The molecule has 0 aliphatic carbocycles. The average molecular weight is 462 g/mol. The topological polar surface area (TPSA) is 88.9 Å². The van der Waals surface area contributed by atoms with E-state index in [-0.39, 0.29) is 29.0 Å². The van der Waals surface area contributed by atoms with E-state index in [4.69, 9.17) is 11.6 Å². The summed E-state index contributed by atoms with van der Waals surface area (Å²) in [5.74, 6) is -0.458. The van der Waals surface area contributed by atoms with Gasteiger partial charge in [0.15, 0.2) is 5.16 Å². The first-order chi connectivity index (χ1) is 14.9. The molecule has 0 bridgehead atoms. The van der Waals surface area contributed by atoms with Crippen molar-refractivity contribution in [3.8, 4) is 0 Å². The second-order valence-electron chi connectivity index (χ2n) is 6.70. The van der Waals surface area contributed by atoms with Crippen LogP contribution >= 0.6 is 23.4 Å². The molecule has 0 aliphatic rings. The fraction of sp³-hybridized carbons (Fsp3) is 0.238. The lowest BCUT2D eigenvalue weighted by Crippen LogP contribution is -2.18. The van der Waals surface area contributed by atoms with Gasteiger partial charge < -0.3 is 15.2 Å². The van der Waals surface area contributed by atoms with E-state index in [1.165, 1.54) is 30.0 Å². The molecule has 0 saturated carbocycles. The van der Waals surface area contributed by atoms with Gasteiger partial charge in [0.1, 0.15) is 11.6 Å². The molecule has 3 rings (SSSR count). The second-order valence-corrected chi connectivity index (χ2v) is 8.05. The van der Waals surface area contributed by atoms with E-state index >= 15 is 0 Å². The molecule has 2 amide bonds. The number of nitrogens with zero attached hydrogens (tertiary/aromatic N) is 3. The molecular formula is C21H21ClFN5O2S. The minimum absolute atomic E-state index is 0.0650. The largest absolute Gasteiger partial charge is 0.326 e. The first-order valence-electron chi connectivity index (χ1n) is 9.52. The van der Waals surface area contributed by atoms with Crippen LogP contribution < -0.4 is 10.6 Å². The van der Waals surface area contributed by atoms with Gasteiger partial charge in [-0.1, -0.05) is 35.5 Å². The number of benzene rings is 2. The molecule has 162 valence electrons. The Labute approximate surface area is 188 Å². The van der Waals surface area contributed by atoms with Crippen LogP contribution in [0.15, 0.2) is 47.6 Å². The van der Waals surface area contributed by atoms with Gasteiger partial charge in [-0.05, 0) is 49.7 Å². The quantitative estimate of drug-likeness (QED) is 0.488. The van der Waals surface area contributed by atoms with Crippen LogP contribution in [0.3, 0.4) is 0 Å². The smallest absolute Gasteiger partial charge is 0.234 e. The molecule has 0 fully saturated rings. The number of hydrogen-bond acceptors (Lipinski definition) is 5. The van der Waals surface area contributed by atoms with Crippen molar-refractivity contribution in [2.45, 2.75) is 32.0 Å². The van der Waals surface area contributed by atoms with Gasteiger partial charge in [0.2, 0.25) is 11.8 Å². The van der Waals surface area contributed by atoms with Crippen LogP contribution in [-0.4, -0.2) is 32.3 Å². The van der Waals surface area contributed by atoms with Crippen molar-refractivity contribution >= 4 is 46.6 Å². The molecule has 0 spiro atoms. The molecule has 7 nitrogen and oxygen atoms in total. The van der Waals surface area contributed by atoms with Crippen molar-refractivity contribution in [1.82, 2.24) is 14.8 Å². The van der Waals surface area contributed by atoms with Gasteiger partial charge in [0.25, 0.3) is 0 Å². The summed E-state index contributed by atoms with van der Waals surface area (Å²) in [6.07, 6.45) is 0.0651. The van der Waals surface area contributed by atoms with E-state index in [0.29, 0.717) is 23.2 Å². The number of nitrogens with one attached hydrogen (secondary N) is 2. The molecular weight excluding hydrogens is 441 g/mol. The summed E-state index contributed by atoms with van der Waals surface area (Å²) in [5.41, 5.74) is 2.18. The maximum absolute atomic E-state index is 13.2. The molecule has 0 aliphatic heterocycles. The lowest BCUT2D eigenvalue weighted by Gasteiger charge is -2.09. The highest BCUT2D eigenvalue weighted by molar-refractivity contribution is 7.99. The van der Waals surface area contributed by atoms with Gasteiger partial charge in [-0.15, -0.1) is 10.2 Å². The number of aromatic nitrogens is 3. The monoisotopic (exact) mass is 461 g/mol. The zero-order valence-electron chi connectivity index (χ0n) is 17.0. The SMILES string of the molecule is CCn1c(CC(=O)Nc2cccc(C)c2)nnc1SCC(=O)Nc1ccc(F)c(Cl)c1. The first-order valence-corrected chi connectivity index (χ1v) is 10.9. The van der Waals surface area contributed by atoms with Gasteiger partial charge in [0.05, 0.1) is 17.2 Å². The summed E-state index contributed by atoms with van der Waals surface area (Å²) in [6, 6.07) is 11.5. The number of halogens is 2. The normalized spacial score (nSPS) is 10.7. The number of amides is 2. The van der Waals surface area contributed by atoms with Gasteiger partial charge in [-0.3, -0.25) is 9.59 Å². The lowest BCUT2D eigenvalue weighted by atomic mass is 10.2. The number of thioether (sulfide) groups is 1. The molecule has 31 heavy (non-hydrogen) atoms. The molecule has 10 heteroatoms. The van der Waals surface area contributed by atoms with Gasteiger partial charge in [-0.2, -0.15) is 0 Å². The van der Waals surface area contributed by atoms with Crippen LogP contribution in [0.1, 0.15) is 18.3 Å². The van der Waals surface area contributed by atoms with E-state index in [2.05, 4.69) is 20.8 Å². The fourth-order valence-electron chi connectivity index (χ4n) is 2.85. The highest BCUT2D eigenvalue weighted by Gasteiger charge is 2.16. The van der Waals surface area contributed by atoms with Gasteiger partial charge in [0, 0.05) is 17.9 Å². The maximum Gasteiger partial charge on any atom is 0.234 e.